The first-order chi connectivity index (χ1) is 5.34. The second-order valence-electron chi connectivity index (χ2n) is 3.97. The molecule has 0 N–H and O–H groups in total. The molecule has 1 aromatic rings. The third-order valence-electron chi connectivity index (χ3n) is 1.84. The summed E-state index contributed by atoms with van der Waals surface area (Å²) in [5, 5.41) is 0. The van der Waals surface area contributed by atoms with Crippen LogP contribution in [-0.2, 0) is 12.5 Å². The average molecular weight is 173 g/mol. The zero-order valence-electron chi connectivity index (χ0n) is 7.78. The van der Waals surface area contributed by atoms with Crippen molar-refractivity contribution in [2.24, 2.45) is 7.05 Å². The third-order valence-corrected chi connectivity index (χ3v) is 1.84. The maximum absolute atomic E-state index is 13.1. The van der Waals surface area contributed by atoms with Crippen LogP contribution >= 0.6 is 0 Å². The van der Waals surface area contributed by atoms with Crippen molar-refractivity contribution in [3.8, 4) is 0 Å². The zero-order chi connectivity index (χ0) is 9.52. The van der Waals surface area contributed by atoms with Crippen LogP contribution in [-0.4, -0.2) is 4.57 Å². The Morgan fingerprint density at radius 3 is 1.92 bits per heavy atom. The van der Waals surface area contributed by atoms with Crippen LogP contribution in [0.15, 0.2) is 6.07 Å². The van der Waals surface area contributed by atoms with E-state index in [1.54, 1.807) is 0 Å². The molecule has 0 aliphatic heterocycles. The van der Waals surface area contributed by atoms with Gasteiger partial charge in [0.25, 0.3) is 0 Å². The first-order valence-electron chi connectivity index (χ1n) is 3.85. The largest absolute Gasteiger partial charge is 0.322 e. The summed E-state index contributed by atoms with van der Waals surface area (Å²) >= 11 is 0. The number of rotatable bonds is 0. The lowest BCUT2D eigenvalue weighted by Gasteiger charge is -2.19. The number of aromatic nitrogens is 1. The number of hydrogen-bond acceptors (Lipinski definition) is 0. The molecule has 0 saturated heterocycles. The first-order valence-corrected chi connectivity index (χ1v) is 3.85. The fourth-order valence-electron chi connectivity index (χ4n) is 1.40. The molecule has 1 rings (SSSR count). The second kappa shape index (κ2) is 2.57. The van der Waals surface area contributed by atoms with Crippen LogP contribution in [0.1, 0.15) is 26.5 Å². The van der Waals surface area contributed by atoms with Crippen LogP contribution < -0.4 is 0 Å². The maximum atomic E-state index is 13.1. The molecule has 0 bridgehead atoms. The highest BCUT2D eigenvalue weighted by molar-refractivity contribution is 5.19. The van der Waals surface area contributed by atoms with Gasteiger partial charge in [-0.05, 0) is 0 Å². The van der Waals surface area contributed by atoms with Gasteiger partial charge < -0.3 is 4.57 Å². The highest BCUT2D eigenvalue weighted by atomic mass is 19.1. The normalized spacial score (nSPS) is 12.2. The highest BCUT2D eigenvalue weighted by Crippen LogP contribution is 2.26. The minimum Gasteiger partial charge on any atom is -0.322 e. The molecule has 0 fully saturated rings. The van der Waals surface area contributed by atoms with Gasteiger partial charge in [-0.25, -0.2) is 4.39 Å². The van der Waals surface area contributed by atoms with Gasteiger partial charge in [0.2, 0.25) is 0 Å². The molecule has 0 saturated carbocycles. The number of hydrogen-bond donors (Lipinski definition) is 0. The Balaban J connectivity index is 3.32. The van der Waals surface area contributed by atoms with Crippen molar-refractivity contribution in [1.82, 2.24) is 4.57 Å². The fraction of sp³-hybridized carbons (Fsp3) is 0.556. The SMILES string of the molecule is Cn1c(F)cc(F)c1C(C)(C)C. The molecule has 0 amide bonds. The summed E-state index contributed by atoms with van der Waals surface area (Å²) in [5.74, 6) is -1.00. The monoisotopic (exact) mass is 173 g/mol. The lowest BCUT2D eigenvalue weighted by molar-refractivity contribution is 0.462. The van der Waals surface area contributed by atoms with Gasteiger partial charge >= 0.3 is 0 Å². The van der Waals surface area contributed by atoms with Gasteiger partial charge in [0.15, 0.2) is 5.95 Å². The summed E-state index contributed by atoms with van der Waals surface area (Å²) < 4.78 is 27.2. The quantitative estimate of drug-likeness (QED) is 0.568. The summed E-state index contributed by atoms with van der Waals surface area (Å²) in [6, 6.07) is 0.917. The molecule has 0 aliphatic carbocycles. The maximum Gasteiger partial charge on any atom is 0.196 e. The van der Waals surface area contributed by atoms with Crippen molar-refractivity contribution in [3.05, 3.63) is 23.5 Å². The van der Waals surface area contributed by atoms with E-state index in [0.717, 1.165) is 6.07 Å². The Hall–Kier alpha value is -0.860. The van der Waals surface area contributed by atoms with E-state index in [1.807, 2.05) is 20.8 Å². The first kappa shape index (κ1) is 9.23. The van der Waals surface area contributed by atoms with E-state index in [1.165, 1.54) is 11.6 Å². The molecule has 0 spiro atoms. The predicted molar refractivity (Wildman–Crippen MR) is 44.0 cm³/mol. The Labute approximate surface area is 71.0 Å². The van der Waals surface area contributed by atoms with Gasteiger partial charge in [-0.2, -0.15) is 4.39 Å². The van der Waals surface area contributed by atoms with Crippen LogP contribution in [0.3, 0.4) is 0 Å². The number of nitrogens with zero attached hydrogens (tertiary/aromatic N) is 1. The molecule has 0 aliphatic rings. The van der Waals surface area contributed by atoms with Crippen molar-refractivity contribution < 1.29 is 8.78 Å². The summed E-state index contributed by atoms with van der Waals surface area (Å²) in [6.07, 6.45) is 0. The molecule has 0 atom stereocenters. The lowest BCUT2D eigenvalue weighted by atomic mass is 9.92. The lowest BCUT2D eigenvalue weighted by Crippen LogP contribution is -2.18. The topological polar surface area (TPSA) is 4.93 Å². The molecule has 0 aromatic carbocycles. The smallest absolute Gasteiger partial charge is 0.196 e. The van der Waals surface area contributed by atoms with Gasteiger partial charge in [-0.3, -0.25) is 0 Å². The Morgan fingerprint density at radius 2 is 1.75 bits per heavy atom. The Morgan fingerprint density at radius 1 is 1.25 bits per heavy atom. The van der Waals surface area contributed by atoms with Gasteiger partial charge in [-0.1, -0.05) is 20.8 Å². The highest BCUT2D eigenvalue weighted by Gasteiger charge is 2.24. The molecular formula is C9H13F2N. The van der Waals surface area contributed by atoms with E-state index in [2.05, 4.69) is 0 Å². The summed E-state index contributed by atoms with van der Waals surface area (Å²) in [7, 11) is 1.53. The summed E-state index contributed by atoms with van der Waals surface area (Å²) in [6.45, 7) is 5.56. The predicted octanol–water partition coefficient (Wildman–Crippen LogP) is 2.60. The van der Waals surface area contributed by atoms with Crippen LogP contribution in [0, 0.1) is 11.8 Å². The van der Waals surface area contributed by atoms with Gasteiger partial charge in [-0.15, -0.1) is 0 Å². The van der Waals surface area contributed by atoms with Gasteiger partial charge in [0.1, 0.15) is 5.82 Å². The summed E-state index contributed by atoms with van der Waals surface area (Å²) in [5.41, 5.74) is 0.0448. The Bertz CT molecular complexity index is 294. The van der Waals surface area contributed by atoms with Crippen molar-refractivity contribution in [1.29, 1.82) is 0 Å². The van der Waals surface area contributed by atoms with Gasteiger partial charge in [0, 0.05) is 18.5 Å². The van der Waals surface area contributed by atoms with Crippen LogP contribution in [0.25, 0.3) is 0 Å². The summed E-state index contributed by atoms with van der Waals surface area (Å²) in [4.78, 5) is 0. The van der Waals surface area contributed by atoms with Crippen LogP contribution in [0.2, 0.25) is 0 Å². The Kier molecular flexibility index (Phi) is 1.98. The van der Waals surface area contributed by atoms with Crippen LogP contribution in [0.5, 0.6) is 0 Å². The van der Waals surface area contributed by atoms with E-state index in [0.29, 0.717) is 5.69 Å². The van der Waals surface area contributed by atoms with E-state index in [-0.39, 0.29) is 5.41 Å². The molecule has 1 aromatic heterocycles. The van der Waals surface area contributed by atoms with Crippen molar-refractivity contribution in [2.75, 3.05) is 0 Å². The molecule has 68 valence electrons. The fourth-order valence-corrected chi connectivity index (χ4v) is 1.40. The van der Waals surface area contributed by atoms with Crippen molar-refractivity contribution in [2.45, 2.75) is 26.2 Å². The van der Waals surface area contributed by atoms with E-state index < -0.39 is 11.8 Å². The van der Waals surface area contributed by atoms with Crippen LogP contribution in [0.4, 0.5) is 8.78 Å². The third kappa shape index (κ3) is 1.36. The average Bonchev–Trinajstić information content (AvgIpc) is 2.05. The standard InChI is InChI=1S/C9H13F2N/c1-9(2,3)8-6(10)5-7(11)12(8)4/h5H,1-4H3. The van der Waals surface area contributed by atoms with E-state index in [4.69, 9.17) is 0 Å². The molecule has 1 nitrogen and oxygen atoms in total. The minimum absolute atomic E-state index is 0.358. The molecule has 0 unspecified atom stereocenters. The zero-order valence-corrected chi connectivity index (χ0v) is 7.78. The number of halogens is 2. The van der Waals surface area contributed by atoms with Gasteiger partial charge in [0.05, 0.1) is 5.69 Å². The van der Waals surface area contributed by atoms with E-state index >= 15 is 0 Å². The van der Waals surface area contributed by atoms with E-state index in [9.17, 15) is 8.78 Å². The molecule has 1 heterocycles. The van der Waals surface area contributed by atoms with Crippen molar-refractivity contribution >= 4 is 0 Å². The van der Waals surface area contributed by atoms with Crippen molar-refractivity contribution in [3.63, 3.8) is 0 Å². The minimum atomic E-state index is -0.530. The molecular weight excluding hydrogens is 160 g/mol. The second-order valence-corrected chi connectivity index (χ2v) is 3.97. The molecule has 12 heavy (non-hydrogen) atoms. The molecule has 0 radical (unpaired) electrons. The molecule has 3 heteroatoms.